The Kier molecular flexibility index (Phi) is 4.26. The van der Waals surface area contributed by atoms with Crippen LogP contribution in [0.1, 0.15) is 48.4 Å². The van der Waals surface area contributed by atoms with E-state index in [1.807, 2.05) is 12.1 Å². The molecule has 14 heavy (non-hydrogen) atoms. The number of unbranched alkanes of at least 4 members (excludes halogenated alkanes) is 1. The first-order valence-corrected chi connectivity index (χ1v) is 4.95. The van der Waals surface area contributed by atoms with Crippen LogP contribution in [-0.2, 0) is 0 Å². The molecule has 0 bridgehead atoms. The first kappa shape index (κ1) is 10.9. The number of aromatic nitrogens is 1. The molecule has 0 spiro atoms. The zero-order valence-electron chi connectivity index (χ0n) is 8.44. The lowest BCUT2D eigenvalue weighted by Crippen LogP contribution is -2.12. The van der Waals surface area contributed by atoms with Crippen molar-refractivity contribution in [3.63, 3.8) is 0 Å². The van der Waals surface area contributed by atoms with E-state index in [0.717, 1.165) is 31.2 Å². The third-order valence-electron chi connectivity index (χ3n) is 2.16. The lowest BCUT2D eigenvalue weighted by Gasteiger charge is -2.10. The van der Waals surface area contributed by atoms with Crippen molar-refractivity contribution in [2.45, 2.75) is 32.2 Å². The van der Waals surface area contributed by atoms with Crippen molar-refractivity contribution < 1.29 is 4.79 Å². The van der Waals surface area contributed by atoms with Crippen LogP contribution < -0.4 is 5.73 Å². The molecule has 0 fully saturated rings. The fourth-order valence-electron chi connectivity index (χ4n) is 1.31. The molecule has 3 heteroatoms. The molecule has 3 nitrogen and oxygen atoms in total. The molecule has 76 valence electrons. The monoisotopic (exact) mass is 192 g/mol. The van der Waals surface area contributed by atoms with Crippen LogP contribution >= 0.6 is 0 Å². The number of carbonyl (C=O) groups excluding carboxylic acids is 1. The second-order valence-corrected chi connectivity index (χ2v) is 3.35. The summed E-state index contributed by atoms with van der Waals surface area (Å²) in [5.41, 5.74) is 7.19. The fourth-order valence-corrected chi connectivity index (χ4v) is 1.31. The highest BCUT2D eigenvalue weighted by Gasteiger charge is 2.06. The summed E-state index contributed by atoms with van der Waals surface area (Å²) in [6.07, 6.45) is 3.89. The van der Waals surface area contributed by atoms with Gasteiger partial charge in [-0.25, -0.2) is 4.98 Å². The van der Waals surface area contributed by atoms with Gasteiger partial charge in [-0.3, -0.25) is 4.79 Å². The Labute approximate surface area is 84.3 Å². The second kappa shape index (κ2) is 5.50. The van der Waals surface area contributed by atoms with Crippen molar-refractivity contribution in [1.29, 1.82) is 0 Å². The van der Waals surface area contributed by atoms with Crippen LogP contribution in [0.4, 0.5) is 0 Å². The molecule has 0 amide bonds. The summed E-state index contributed by atoms with van der Waals surface area (Å²) in [7, 11) is 0. The van der Waals surface area contributed by atoms with E-state index in [4.69, 9.17) is 5.73 Å². The van der Waals surface area contributed by atoms with Crippen molar-refractivity contribution >= 4 is 6.29 Å². The van der Waals surface area contributed by atoms with Crippen molar-refractivity contribution in [3.05, 3.63) is 29.6 Å². The maximum Gasteiger partial charge on any atom is 0.168 e. The number of carbonyl (C=O) groups is 1. The highest BCUT2D eigenvalue weighted by molar-refractivity contribution is 5.71. The molecule has 0 unspecified atom stereocenters. The van der Waals surface area contributed by atoms with Gasteiger partial charge >= 0.3 is 0 Å². The third-order valence-corrected chi connectivity index (χ3v) is 2.16. The van der Waals surface area contributed by atoms with Gasteiger partial charge in [0.25, 0.3) is 0 Å². The molecule has 0 saturated heterocycles. The predicted octanol–water partition coefficient (Wildman–Crippen LogP) is 2.08. The number of hydrogen-bond acceptors (Lipinski definition) is 3. The molecule has 0 radical (unpaired) electrons. The van der Waals surface area contributed by atoms with Crippen LogP contribution in [0.3, 0.4) is 0 Å². The van der Waals surface area contributed by atoms with Gasteiger partial charge in [-0.2, -0.15) is 0 Å². The van der Waals surface area contributed by atoms with E-state index in [9.17, 15) is 4.79 Å². The minimum absolute atomic E-state index is 0.0464. The van der Waals surface area contributed by atoms with Gasteiger partial charge in [-0.15, -0.1) is 0 Å². The standard InChI is InChI=1S/C11H16N2O/c1-2-3-6-10(12)11-7-4-5-9(8-14)13-11/h4-5,7-8,10H,2-3,6,12H2,1H3/t10-/m0/s1. The molecule has 0 aliphatic carbocycles. The molecule has 0 aliphatic heterocycles. The quantitative estimate of drug-likeness (QED) is 0.727. The van der Waals surface area contributed by atoms with Crippen LogP contribution in [0.15, 0.2) is 18.2 Å². The highest BCUT2D eigenvalue weighted by atomic mass is 16.1. The number of nitrogens with two attached hydrogens (primary N) is 1. The average Bonchev–Trinajstić information content (AvgIpc) is 2.26. The van der Waals surface area contributed by atoms with E-state index >= 15 is 0 Å². The SMILES string of the molecule is CCCC[C@H](N)c1cccc(C=O)n1. The zero-order valence-corrected chi connectivity index (χ0v) is 8.44. The topological polar surface area (TPSA) is 56.0 Å². The van der Waals surface area contributed by atoms with Crippen molar-refractivity contribution in [1.82, 2.24) is 4.98 Å². The maximum atomic E-state index is 10.5. The predicted molar refractivity (Wildman–Crippen MR) is 56.1 cm³/mol. The van der Waals surface area contributed by atoms with E-state index in [1.165, 1.54) is 0 Å². The van der Waals surface area contributed by atoms with Gasteiger partial charge in [0, 0.05) is 6.04 Å². The Bertz CT molecular complexity index is 299. The van der Waals surface area contributed by atoms with E-state index in [1.54, 1.807) is 6.07 Å². The molecule has 0 aliphatic rings. The number of hydrogen-bond donors (Lipinski definition) is 1. The van der Waals surface area contributed by atoms with Crippen molar-refractivity contribution in [2.24, 2.45) is 5.73 Å². The average molecular weight is 192 g/mol. The minimum Gasteiger partial charge on any atom is -0.323 e. The third kappa shape index (κ3) is 2.92. The first-order valence-electron chi connectivity index (χ1n) is 4.95. The summed E-state index contributed by atoms with van der Waals surface area (Å²) >= 11 is 0. The molecule has 1 heterocycles. The molecule has 1 rings (SSSR count). The summed E-state index contributed by atoms with van der Waals surface area (Å²) in [6.45, 7) is 2.13. The smallest absolute Gasteiger partial charge is 0.168 e. The summed E-state index contributed by atoms with van der Waals surface area (Å²) < 4.78 is 0. The summed E-state index contributed by atoms with van der Waals surface area (Å²) in [5, 5.41) is 0. The maximum absolute atomic E-state index is 10.5. The fraction of sp³-hybridized carbons (Fsp3) is 0.455. The Morgan fingerprint density at radius 2 is 2.36 bits per heavy atom. The number of aldehydes is 1. The molecule has 0 saturated carbocycles. The van der Waals surface area contributed by atoms with E-state index in [0.29, 0.717) is 5.69 Å². The number of rotatable bonds is 5. The van der Waals surface area contributed by atoms with E-state index in [-0.39, 0.29) is 6.04 Å². The Morgan fingerprint density at radius 1 is 1.57 bits per heavy atom. The largest absolute Gasteiger partial charge is 0.323 e. The van der Waals surface area contributed by atoms with Gasteiger partial charge in [0.15, 0.2) is 6.29 Å². The molecule has 1 aromatic heterocycles. The second-order valence-electron chi connectivity index (χ2n) is 3.35. The Hall–Kier alpha value is -1.22. The summed E-state index contributed by atoms with van der Waals surface area (Å²) in [5.74, 6) is 0. The molecular weight excluding hydrogens is 176 g/mol. The van der Waals surface area contributed by atoms with Gasteiger partial charge in [-0.1, -0.05) is 25.8 Å². The van der Waals surface area contributed by atoms with Crippen LogP contribution in [0.2, 0.25) is 0 Å². The first-order chi connectivity index (χ1) is 6.77. The van der Waals surface area contributed by atoms with Crippen LogP contribution in [0.25, 0.3) is 0 Å². The lowest BCUT2D eigenvalue weighted by atomic mass is 10.1. The molecule has 1 aromatic rings. The van der Waals surface area contributed by atoms with E-state index in [2.05, 4.69) is 11.9 Å². The molecular formula is C11H16N2O. The number of nitrogens with zero attached hydrogens (tertiary/aromatic N) is 1. The van der Waals surface area contributed by atoms with Gasteiger partial charge in [-0.05, 0) is 18.6 Å². The van der Waals surface area contributed by atoms with Gasteiger partial charge in [0.2, 0.25) is 0 Å². The summed E-state index contributed by atoms with van der Waals surface area (Å²) in [6, 6.07) is 5.32. The van der Waals surface area contributed by atoms with Crippen molar-refractivity contribution in [2.75, 3.05) is 0 Å². The normalized spacial score (nSPS) is 12.4. The van der Waals surface area contributed by atoms with E-state index < -0.39 is 0 Å². The Balaban J connectivity index is 2.68. The van der Waals surface area contributed by atoms with Gasteiger partial charge < -0.3 is 5.73 Å². The molecule has 1 atom stereocenters. The molecule has 0 aromatic carbocycles. The van der Waals surface area contributed by atoms with Gasteiger partial charge in [0.05, 0.1) is 5.69 Å². The zero-order chi connectivity index (χ0) is 10.4. The van der Waals surface area contributed by atoms with Gasteiger partial charge in [0.1, 0.15) is 5.69 Å². The summed E-state index contributed by atoms with van der Waals surface area (Å²) in [4.78, 5) is 14.6. The van der Waals surface area contributed by atoms with Crippen LogP contribution in [0.5, 0.6) is 0 Å². The highest BCUT2D eigenvalue weighted by Crippen LogP contribution is 2.14. The Morgan fingerprint density at radius 3 is 3.00 bits per heavy atom. The molecule has 2 N–H and O–H groups in total. The van der Waals surface area contributed by atoms with Crippen molar-refractivity contribution in [3.8, 4) is 0 Å². The number of pyridine rings is 1. The lowest BCUT2D eigenvalue weighted by molar-refractivity contribution is 0.111. The van der Waals surface area contributed by atoms with Crippen LogP contribution in [-0.4, -0.2) is 11.3 Å². The minimum atomic E-state index is -0.0464. The van der Waals surface area contributed by atoms with Crippen LogP contribution in [0, 0.1) is 0 Å².